The molecule has 0 aliphatic carbocycles. The number of thiophene rings is 1. The molecule has 0 aliphatic heterocycles. The molecule has 3 heterocycles. The molecule has 0 aliphatic rings. The second-order valence-electron chi connectivity index (χ2n) is 7.66. The van der Waals surface area contributed by atoms with Crippen LogP contribution >= 0.6 is 23.1 Å². The zero-order valence-corrected chi connectivity index (χ0v) is 20.6. The molecule has 0 saturated carbocycles. The number of nitrogens with zero attached hydrogens (tertiary/aromatic N) is 5. The Morgan fingerprint density at radius 2 is 1.94 bits per heavy atom. The number of thioether (sulfide) groups is 1. The van der Waals surface area contributed by atoms with Crippen LogP contribution in [0.2, 0.25) is 0 Å². The van der Waals surface area contributed by atoms with Crippen molar-refractivity contribution in [2.75, 3.05) is 12.9 Å². The van der Waals surface area contributed by atoms with Gasteiger partial charge in [-0.05, 0) is 29.6 Å². The van der Waals surface area contributed by atoms with Gasteiger partial charge in [0.1, 0.15) is 5.75 Å². The van der Waals surface area contributed by atoms with Gasteiger partial charge in [-0.15, -0.1) is 21.5 Å². The molecule has 0 spiro atoms. The number of Topliss-reactive ketones (excluding diaryl/α,β-unsaturated/α-hetero) is 1. The Labute approximate surface area is 210 Å². The van der Waals surface area contributed by atoms with E-state index >= 15 is 0 Å². The molecule has 5 aromatic rings. The van der Waals surface area contributed by atoms with Crippen LogP contribution in [0.25, 0.3) is 27.3 Å². The van der Waals surface area contributed by atoms with E-state index < -0.39 is 0 Å². The summed E-state index contributed by atoms with van der Waals surface area (Å²) in [4.78, 5) is 14.3. The van der Waals surface area contributed by atoms with Gasteiger partial charge in [-0.3, -0.25) is 9.36 Å². The maximum Gasteiger partial charge on any atom is 0.196 e. The fraction of sp³-hybridized carbons (Fsp3) is 0.154. The molecule has 0 fully saturated rings. The number of aromatic nitrogens is 4. The van der Waals surface area contributed by atoms with Gasteiger partial charge >= 0.3 is 0 Å². The Balaban J connectivity index is 1.48. The second kappa shape index (κ2) is 10.2. The molecule has 174 valence electrons. The quantitative estimate of drug-likeness (QED) is 0.187. The first-order valence-electron chi connectivity index (χ1n) is 10.9. The molecule has 7 nitrogen and oxygen atoms in total. The topological polar surface area (TPSA) is 85.7 Å². The van der Waals surface area contributed by atoms with E-state index in [-0.39, 0.29) is 11.5 Å². The minimum Gasteiger partial charge on any atom is -0.495 e. The lowest BCUT2D eigenvalue weighted by Crippen LogP contribution is -2.05. The highest BCUT2D eigenvalue weighted by Crippen LogP contribution is 2.34. The van der Waals surface area contributed by atoms with Crippen molar-refractivity contribution >= 4 is 39.8 Å². The molecular formula is C26H21N5O2S2. The van der Waals surface area contributed by atoms with Crippen molar-refractivity contribution in [3.05, 3.63) is 77.8 Å². The van der Waals surface area contributed by atoms with E-state index in [1.54, 1.807) is 18.4 Å². The minimum atomic E-state index is -0.00541. The van der Waals surface area contributed by atoms with Gasteiger partial charge in [0, 0.05) is 29.2 Å². The number of fused-ring (bicyclic) bond motifs is 1. The first kappa shape index (κ1) is 22.9. The van der Waals surface area contributed by atoms with Crippen molar-refractivity contribution in [1.29, 1.82) is 5.26 Å². The number of methoxy groups -OCH3 is 1. The van der Waals surface area contributed by atoms with Gasteiger partial charge < -0.3 is 9.30 Å². The summed E-state index contributed by atoms with van der Waals surface area (Å²) in [6.07, 6.45) is 2.24. The molecule has 35 heavy (non-hydrogen) atoms. The van der Waals surface area contributed by atoms with Crippen molar-refractivity contribution in [3.8, 4) is 28.2 Å². The number of aryl methyl sites for hydroxylation is 1. The maximum absolute atomic E-state index is 13.3. The average Bonchev–Trinajstić information content (AvgIpc) is 3.64. The summed E-state index contributed by atoms with van der Waals surface area (Å²) in [7, 11) is 1.63. The second-order valence-corrected chi connectivity index (χ2v) is 9.55. The van der Waals surface area contributed by atoms with Crippen LogP contribution in [0, 0.1) is 11.3 Å². The van der Waals surface area contributed by atoms with Crippen LogP contribution in [0.4, 0.5) is 0 Å². The monoisotopic (exact) mass is 499 g/mol. The molecule has 0 unspecified atom stereocenters. The van der Waals surface area contributed by atoms with Crippen LogP contribution in [0.5, 0.6) is 5.75 Å². The summed E-state index contributed by atoms with van der Waals surface area (Å²) in [5, 5.41) is 21.4. The van der Waals surface area contributed by atoms with Crippen molar-refractivity contribution in [3.63, 3.8) is 0 Å². The number of ether oxygens (including phenoxy) is 1. The minimum absolute atomic E-state index is 0.00541. The van der Waals surface area contributed by atoms with E-state index in [1.165, 1.54) is 11.8 Å². The first-order chi connectivity index (χ1) is 17.2. The number of para-hydroxylation sites is 3. The molecule has 0 bridgehead atoms. The fourth-order valence-corrected chi connectivity index (χ4v) is 5.52. The summed E-state index contributed by atoms with van der Waals surface area (Å²) in [5.41, 5.74) is 2.41. The van der Waals surface area contributed by atoms with Gasteiger partial charge in [-0.25, -0.2) is 0 Å². The highest BCUT2D eigenvalue weighted by molar-refractivity contribution is 7.99. The van der Waals surface area contributed by atoms with Gasteiger partial charge in [0.25, 0.3) is 0 Å². The predicted octanol–water partition coefficient (Wildman–Crippen LogP) is 5.85. The standard InChI is InChI=1S/C26H21N5O2S2/c1-33-23-11-5-4-10-21(23)31-25(24-12-6-15-34-24)28-29-26(31)35-17-22(32)19-16-30(14-7-13-27)20-9-3-2-8-18(19)20/h2-6,8-12,15-16H,7,14,17H2,1H3. The summed E-state index contributed by atoms with van der Waals surface area (Å²) in [5.74, 6) is 1.59. The highest BCUT2D eigenvalue weighted by Gasteiger charge is 2.22. The van der Waals surface area contributed by atoms with Gasteiger partial charge in [0.05, 0.1) is 35.9 Å². The Hall–Kier alpha value is -3.87. The van der Waals surface area contributed by atoms with Crippen molar-refractivity contribution in [1.82, 2.24) is 19.3 Å². The van der Waals surface area contributed by atoms with E-state index in [1.807, 2.05) is 81.4 Å². The third-order valence-electron chi connectivity index (χ3n) is 5.59. The lowest BCUT2D eigenvalue weighted by molar-refractivity contribution is 0.102. The number of ketones is 1. The summed E-state index contributed by atoms with van der Waals surface area (Å²) in [6.45, 7) is 0.545. The van der Waals surface area contributed by atoms with E-state index in [0.717, 1.165) is 21.5 Å². The van der Waals surface area contributed by atoms with Gasteiger partial charge in [-0.1, -0.05) is 48.2 Å². The van der Waals surface area contributed by atoms with Crippen molar-refractivity contribution < 1.29 is 9.53 Å². The molecule has 5 rings (SSSR count). The average molecular weight is 500 g/mol. The predicted molar refractivity (Wildman–Crippen MR) is 138 cm³/mol. The number of hydrogen-bond acceptors (Lipinski definition) is 7. The van der Waals surface area contributed by atoms with E-state index in [9.17, 15) is 4.79 Å². The highest BCUT2D eigenvalue weighted by atomic mass is 32.2. The van der Waals surface area contributed by atoms with Crippen LogP contribution in [0.1, 0.15) is 16.8 Å². The smallest absolute Gasteiger partial charge is 0.196 e. The molecule has 0 saturated heterocycles. The SMILES string of the molecule is COc1ccccc1-n1c(SCC(=O)c2cn(CCC#N)c3ccccc23)nnc1-c1cccs1. The molecule has 0 atom stereocenters. The number of hydrogen-bond donors (Lipinski definition) is 0. The van der Waals surface area contributed by atoms with Crippen LogP contribution < -0.4 is 4.74 Å². The molecule has 2 aromatic carbocycles. The Kier molecular flexibility index (Phi) is 6.66. The molecule has 0 N–H and O–H groups in total. The maximum atomic E-state index is 13.3. The molecule has 0 amide bonds. The van der Waals surface area contributed by atoms with Crippen LogP contribution in [0.3, 0.4) is 0 Å². The lowest BCUT2D eigenvalue weighted by Gasteiger charge is -2.13. The van der Waals surface area contributed by atoms with E-state index in [0.29, 0.717) is 35.3 Å². The Morgan fingerprint density at radius 1 is 1.11 bits per heavy atom. The number of nitriles is 1. The Bertz CT molecular complexity index is 1530. The summed E-state index contributed by atoms with van der Waals surface area (Å²) >= 11 is 2.92. The van der Waals surface area contributed by atoms with Crippen molar-refractivity contribution in [2.24, 2.45) is 0 Å². The first-order valence-corrected chi connectivity index (χ1v) is 12.8. The van der Waals surface area contributed by atoms with E-state index in [4.69, 9.17) is 10.00 Å². The fourth-order valence-electron chi connectivity index (χ4n) is 3.99. The number of rotatable bonds is 9. The summed E-state index contributed by atoms with van der Waals surface area (Å²) in [6, 6.07) is 21.6. The molecule has 0 radical (unpaired) electrons. The lowest BCUT2D eigenvalue weighted by atomic mass is 10.1. The summed E-state index contributed by atoms with van der Waals surface area (Å²) < 4.78 is 9.52. The van der Waals surface area contributed by atoms with Gasteiger partial charge in [-0.2, -0.15) is 5.26 Å². The van der Waals surface area contributed by atoms with Crippen molar-refractivity contribution in [2.45, 2.75) is 18.1 Å². The zero-order valence-electron chi connectivity index (χ0n) is 18.9. The van der Waals surface area contributed by atoms with Gasteiger partial charge in [0.15, 0.2) is 16.8 Å². The Morgan fingerprint density at radius 3 is 2.74 bits per heavy atom. The normalized spacial score (nSPS) is 11.0. The van der Waals surface area contributed by atoms with E-state index in [2.05, 4.69) is 16.3 Å². The van der Waals surface area contributed by atoms with Crippen LogP contribution in [-0.4, -0.2) is 38.0 Å². The number of carbonyl (C=O) groups excluding carboxylic acids is 1. The molecule has 3 aromatic heterocycles. The van der Waals surface area contributed by atoms with Crippen LogP contribution in [0.15, 0.2) is 77.4 Å². The third-order valence-corrected chi connectivity index (χ3v) is 7.38. The number of benzene rings is 2. The molecule has 9 heteroatoms. The van der Waals surface area contributed by atoms with Crippen LogP contribution in [-0.2, 0) is 6.54 Å². The zero-order chi connectivity index (χ0) is 24.2. The van der Waals surface area contributed by atoms with Gasteiger partial charge in [0.2, 0.25) is 0 Å². The third kappa shape index (κ3) is 4.46. The number of carbonyl (C=O) groups is 1. The molecular weight excluding hydrogens is 478 g/mol. The largest absolute Gasteiger partial charge is 0.495 e.